The second-order valence-corrected chi connectivity index (χ2v) is 5.13. The molecule has 15 heavy (non-hydrogen) atoms. The van der Waals surface area contributed by atoms with Crippen LogP contribution in [0.3, 0.4) is 0 Å². The van der Waals surface area contributed by atoms with Crippen molar-refractivity contribution < 1.29 is 0 Å². The van der Waals surface area contributed by atoms with Crippen molar-refractivity contribution >= 4 is 11.8 Å². The van der Waals surface area contributed by atoms with Gasteiger partial charge in [-0.15, -0.1) is 6.58 Å². The van der Waals surface area contributed by atoms with Crippen molar-refractivity contribution in [1.29, 1.82) is 0 Å². The molecular formula is C13H27NS. The Morgan fingerprint density at radius 2 is 2.20 bits per heavy atom. The monoisotopic (exact) mass is 229 g/mol. The predicted molar refractivity (Wildman–Crippen MR) is 73.7 cm³/mol. The molecule has 2 heteroatoms. The average Bonchev–Trinajstić information content (AvgIpc) is 2.27. The maximum atomic E-state index is 3.71. The highest BCUT2D eigenvalue weighted by Gasteiger charge is 2.04. The van der Waals surface area contributed by atoms with Gasteiger partial charge in [0.1, 0.15) is 0 Å². The van der Waals surface area contributed by atoms with Crippen LogP contribution in [0, 0.1) is 5.92 Å². The van der Waals surface area contributed by atoms with Gasteiger partial charge in [0.25, 0.3) is 0 Å². The molecule has 0 saturated heterocycles. The number of unbranched alkanes of at least 4 members (excludes halogenated alkanes) is 1. The molecule has 0 amide bonds. The molecule has 0 aromatic rings. The summed E-state index contributed by atoms with van der Waals surface area (Å²) in [6, 6.07) is 0. The Morgan fingerprint density at radius 1 is 1.40 bits per heavy atom. The maximum absolute atomic E-state index is 3.71. The summed E-state index contributed by atoms with van der Waals surface area (Å²) in [6.45, 7) is 10.6. The highest BCUT2D eigenvalue weighted by molar-refractivity contribution is 7.99. The number of nitrogens with one attached hydrogen (secondary N) is 1. The van der Waals surface area contributed by atoms with E-state index in [9.17, 15) is 0 Å². The molecule has 90 valence electrons. The molecular weight excluding hydrogens is 202 g/mol. The lowest BCUT2D eigenvalue weighted by atomic mass is 9.99. The van der Waals surface area contributed by atoms with Gasteiger partial charge < -0.3 is 5.32 Å². The van der Waals surface area contributed by atoms with E-state index >= 15 is 0 Å². The molecule has 0 rings (SSSR count). The van der Waals surface area contributed by atoms with Gasteiger partial charge >= 0.3 is 0 Å². The zero-order chi connectivity index (χ0) is 11.4. The molecule has 0 spiro atoms. The van der Waals surface area contributed by atoms with E-state index in [1.54, 1.807) is 0 Å². The molecule has 1 unspecified atom stereocenters. The van der Waals surface area contributed by atoms with E-state index in [2.05, 4.69) is 25.7 Å². The molecule has 0 fully saturated rings. The van der Waals surface area contributed by atoms with Crippen LogP contribution in [0.1, 0.15) is 39.5 Å². The third-order valence-electron chi connectivity index (χ3n) is 2.64. The molecule has 0 radical (unpaired) electrons. The number of rotatable bonds is 11. The Bertz CT molecular complexity index is 136. The molecule has 0 aliphatic rings. The van der Waals surface area contributed by atoms with E-state index in [-0.39, 0.29) is 0 Å². The van der Waals surface area contributed by atoms with Gasteiger partial charge in [0.05, 0.1) is 0 Å². The Hall–Kier alpha value is 0.0500. The minimum absolute atomic E-state index is 0.884. The van der Waals surface area contributed by atoms with Crippen molar-refractivity contribution in [3.05, 3.63) is 12.7 Å². The number of hydrogen-bond acceptors (Lipinski definition) is 2. The van der Waals surface area contributed by atoms with Crippen LogP contribution in [0.5, 0.6) is 0 Å². The second kappa shape index (κ2) is 12.1. The molecule has 0 bridgehead atoms. The summed E-state index contributed by atoms with van der Waals surface area (Å²) in [6.07, 6.45) is 7.38. The zero-order valence-corrected chi connectivity index (χ0v) is 11.2. The number of hydrogen-bond donors (Lipinski definition) is 1. The fourth-order valence-corrected chi connectivity index (χ4v) is 2.18. The molecule has 1 atom stereocenters. The molecule has 0 heterocycles. The Labute approximate surface area is 100 Å². The summed E-state index contributed by atoms with van der Waals surface area (Å²) in [7, 11) is 0. The highest BCUT2D eigenvalue weighted by Crippen LogP contribution is 2.11. The van der Waals surface area contributed by atoms with Crippen LogP contribution in [0.4, 0.5) is 0 Å². The summed E-state index contributed by atoms with van der Waals surface area (Å²) in [5.74, 6) is 3.17. The summed E-state index contributed by atoms with van der Waals surface area (Å²) in [5.41, 5.74) is 0. The lowest BCUT2D eigenvalue weighted by molar-refractivity contribution is 0.425. The van der Waals surface area contributed by atoms with Gasteiger partial charge in [-0.2, -0.15) is 11.8 Å². The van der Waals surface area contributed by atoms with E-state index in [4.69, 9.17) is 0 Å². The van der Waals surface area contributed by atoms with Gasteiger partial charge in [0.2, 0.25) is 0 Å². The summed E-state index contributed by atoms with van der Waals surface area (Å²) in [4.78, 5) is 0. The lowest BCUT2D eigenvalue weighted by Crippen LogP contribution is -2.24. The molecule has 1 nitrogen and oxygen atoms in total. The van der Waals surface area contributed by atoms with Crippen LogP contribution >= 0.6 is 11.8 Å². The van der Waals surface area contributed by atoms with E-state index in [0.717, 1.165) is 18.2 Å². The fourth-order valence-electron chi connectivity index (χ4n) is 1.56. The van der Waals surface area contributed by atoms with E-state index in [0.29, 0.717) is 0 Å². The highest BCUT2D eigenvalue weighted by atomic mass is 32.2. The van der Waals surface area contributed by atoms with Crippen molar-refractivity contribution in [2.24, 2.45) is 5.92 Å². The number of thioether (sulfide) groups is 1. The van der Waals surface area contributed by atoms with Crippen LogP contribution in [0.15, 0.2) is 12.7 Å². The molecule has 0 saturated carbocycles. The van der Waals surface area contributed by atoms with Crippen LogP contribution in [0.25, 0.3) is 0 Å². The van der Waals surface area contributed by atoms with Gasteiger partial charge in [-0.3, -0.25) is 0 Å². The van der Waals surface area contributed by atoms with Crippen molar-refractivity contribution in [3.8, 4) is 0 Å². The van der Waals surface area contributed by atoms with Crippen LogP contribution < -0.4 is 5.32 Å². The smallest absolute Gasteiger partial charge is 0.0111 e. The lowest BCUT2D eigenvalue weighted by Gasteiger charge is -2.14. The van der Waals surface area contributed by atoms with Gasteiger partial charge in [-0.25, -0.2) is 0 Å². The standard InChI is InChI=1S/C13H27NS/c1-4-7-8-13(6-3)12-14-9-11-15-10-5-2/h5,13-14H,2,4,6-12H2,1,3H3. The minimum Gasteiger partial charge on any atom is -0.316 e. The summed E-state index contributed by atoms with van der Waals surface area (Å²) >= 11 is 1.95. The van der Waals surface area contributed by atoms with E-state index in [1.807, 2.05) is 17.8 Å². The SMILES string of the molecule is C=CCSCCNCC(CC)CCCC. The van der Waals surface area contributed by atoms with Crippen LogP contribution in [-0.2, 0) is 0 Å². The first-order valence-electron chi connectivity index (χ1n) is 6.24. The third-order valence-corrected chi connectivity index (χ3v) is 3.60. The topological polar surface area (TPSA) is 12.0 Å². The van der Waals surface area contributed by atoms with Crippen LogP contribution in [-0.4, -0.2) is 24.6 Å². The summed E-state index contributed by atoms with van der Waals surface area (Å²) < 4.78 is 0. The Morgan fingerprint density at radius 3 is 2.80 bits per heavy atom. The largest absolute Gasteiger partial charge is 0.316 e. The third kappa shape index (κ3) is 10.3. The van der Waals surface area contributed by atoms with E-state index < -0.39 is 0 Å². The quantitative estimate of drug-likeness (QED) is 0.428. The molecule has 0 aliphatic carbocycles. The van der Waals surface area contributed by atoms with Gasteiger partial charge in [-0.05, 0) is 18.9 Å². The molecule has 0 aromatic carbocycles. The van der Waals surface area contributed by atoms with E-state index in [1.165, 1.54) is 38.0 Å². The van der Waals surface area contributed by atoms with Crippen molar-refractivity contribution in [3.63, 3.8) is 0 Å². The van der Waals surface area contributed by atoms with Gasteiger partial charge in [0.15, 0.2) is 0 Å². The summed E-state index contributed by atoms with van der Waals surface area (Å²) in [5, 5.41) is 3.55. The fraction of sp³-hybridized carbons (Fsp3) is 0.846. The second-order valence-electron chi connectivity index (χ2n) is 3.98. The maximum Gasteiger partial charge on any atom is 0.0111 e. The molecule has 0 aliphatic heterocycles. The van der Waals surface area contributed by atoms with Crippen LogP contribution in [0.2, 0.25) is 0 Å². The molecule has 0 aromatic heterocycles. The first-order valence-corrected chi connectivity index (χ1v) is 7.39. The van der Waals surface area contributed by atoms with Crippen molar-refractivity contribution in [2.45, 2.75) is 39.5 Å². The van der Waals surface area contributed by atoms with Crippen molar-refractivity contribution in [2.75, 3.05) is 24.6 Å². The average molecular weight is 229 g/mol. The Balaban J connectivity index is 3.25. The molecule has 1 N–H and O–H groups in total. The predicted octanol–water partition coefficient (Wildman–Crippen LogP) is 3.71. The van der Waals surface area contributed by atoms with Crippen molar-refractivity contribution in [1.82, 2.24) is 5.32 Å². The van der Waals surface area contributed by atoms with Gasteiger partial charge in [-0.1, -0.05) is 39.2 Å². The minimum atomic E-state index is 0.884. The Kier molecular flexibility index (Phi) is 12.2. The first-order chi connectivity index (χ1) is 7.35. The van der Waals surface area contributed by atoms with Gasteiger partial charge in [0, 0.05) is 18.1 Å². The first kappa shape index (κ1) is 15.0. The zero-order valence-electron chi connectivity index (χ0n) is 10.4. The normalized spacial score (nSPS) is 12.7.